The smallest absolute Gasteiger partial charge is 0.305 e. The normalized spacial score (nSPS) is 9.59. The predicted octanol–water partition coefficient (Wildman–Crippen LogP) is -1.56. The lowest BCUT2D eigenvalue weighted by molar-refractivity contribution is -0.136. The number of aliphatic carboxylic acids is 1. The highest BCUT2D eigenvalue weighted by molar-refractivity contribution is 5.78. The second-order valence-corrected chi connectivity index (χ2v) is 3.13. The van der Waals surface area contributed by atoms with Gasteiger partial charge in [0, 0.05) is 6.54 Å². The number of carboxylic acid groups (broad SMARTS) is 1. The van der Waals surface area contributed by atoms with Crippen molar-refractivity contribution in [3.05, 3.63) is 5.82 Å². The van der Waals surface area contributed by atoms with Crippen molar-refractivity contribution in [2.75, 3.05) is 6.54 Å². The highest BCUT2D eigenvalue weighted by Crippen LogP contribution is 1.93. The zero-order valence-corrected chi connectivity index (χ0v) is 8.96. The summed E-state index contributed by atoms with van der Waals surface area (Å²) < 4.78 is 1.33. The van der Waals surface area contributed by atoms with Crippen LogP contribution in [0.15, 0.2) is 0 Å². The number of terminal acetylenes is 1. The highest BCUT2D eigenvalue weighted by Gasteiger charge is 2.10. The van der Waals surface area contributed by atoms with E-state index in [0.29, 0.717) is 5.82 Å². The van der Waals surface area contributed by atoms with Crippen molar-refractivity contribution >= 4 is 11.9 Å². The molecule has 0 aliphatic rings. The number of carboxylic acids is 1. The van der Waals surface area contributed by atoms with Gasteiger partial charge in [0.25, 0.3) is 0 Å². The van der Waals surface area contributed by atoms with Gasteiger partial charge in [-0.2, -0.15) is 0 Å². The van der Waals surface area contributed by atoms with E-state index in [-0.39, 0.29) is 31.8 Å². The summed E-state index contributed by atoms with van der Waals surface area (Å²) in [6.07, 6.45) is 4.94. The van der Waals surface area contributed by atoms with Crippen LogP contribution in [0, 0.1) is 12.3 Å². The molecule has 2 N–H and O–H groups in total. The quantitative estimate of drug-likeness (QED) is 0.579. The van der Waals surface area contributed by atoms with Crippen LogP contribution in [0.5, 0.6) is 0 Å². The number of hydrogen-bond donors (Lipinski definition) is 2. The van der Waals surface area contributed by atoms with Crippen LogP contribution < -0.4 is 5.32 Å². The Balaban J connectivity index is 2.42. The molecule has 0 saturated carbocycles. The van der Waals surface area contributed by atoms with E-state index in [2.05, 4.69) is 26.8 Å². The van der Waals surface area contributed by atoms with Crippen LogP contribution in [-0.2, 0) is 22.6 Å². The fourth-order valence-corrected chi connectivity index (χ4v) is 1.07. The van der Waals surface area contributed by atoms with E-state index in [0.717, 1.165) is 0 Å². The Kier molecular flexibility index (Phi) is 4.62. The summed E-state index contributed by atoms with van der Waals surface area (Å²) in [5.41, 5.74) is 0. The van der Waals surface area contributed by atoms with Gasteiger partial charge in [-0.1, -0.05) is 5.92 Å². The van der Waals surface area contributed by atoms with E-state index in [1.807, 2.05) is 0 Å². The summed E-state index contributed by atoms with van der Waals surface area (Å²) in [5.74, 6) is 1.38. The van der Waals surface area contributed by atoms with Crippen LogP contribution >= 0.6 is 0 Å². The van der Waals surface area contributed by atoms with Crippen molar-refractivity contribution in [3.63, 3.8) is 0 Å². The van der Waals surface area contributed by atoms with Crippen LogP contribution in [0.3, 0.4) is 0 Å². The highest BCUT2D eigenvalue weighted by atomic mass is 16.4. The minimum atomic E-state index is -0.970. The molecule has 1 amide bonds. The SMILES string of the molecule is C#CCn1nnnc1CC(=O)NCCC(=O)O. The molecule has 0 atom stereocenters. The molecule has 0 aliphatic carbocycles. The van der Waals surface area contributed by atoms with E-state index < -0.39 is 5.97 Å². The van der Waals surface area contributed by atoms with E-state index >= 15 is 0 Å². The van der Waals surface area contributed by atoms with Gasteiger partial charge in [-0.05, 0) is 10.4 Å². The zero-order chi connectivity index (χ0) is 12.7. The molecular weight excluding hydrogens is 226 g/mol. The molecule has 17 heavy (non-hydrogen) atoms. The number of rotatable bonds is 6. The second-order valence-electron chi connectivity index (χ2n) is 3.13. The van der Waals surface area contributed by atoms with Gasteiger partial charge in [0.2, 0.25) is 5.91 Å². The summed E-state index contributed by atoms with van der Waals surface area (Å²) in [4.78, 5) is 21.6. The van der Waals surface area contributed by atoms with Gasteiger partial charge >= 0.3 is 5.97 Å². The summed E-state index contributed by atoms with van der Waals surface area (Å²) in [7, 11) is 0. The van der Waals surface area contributed by atoms with Gasteiger partial charge in [0.05, 0.1) is 12.8 Å². The van der Waals surface area contributed by atoms with Crippen LogP contribution in [0.4, 0.5) is 0 Å². The van der Waals surface area contributed by atoms with Gasteiger partial charge in [-0.3, -0.25) is 9.59 Å². The first-order chi connectivity index (χ1) is 8.13. The van der Waals surface area contributed by atoms with E-state index in [1.54, 1.807) is 0 Å². The minimum Gasteiger partial charge on any atom is -0.481 e. The Labute approximate surface area is 97.0 Å². The molecule has 0 saturated heterocycles. The number of nitrogens with zero attached hydrogens (tertiary/aromatic N) is 4. The summed E-state index contributed by atoms with van der Waals surface area (Å²) >= 11 is 0. The maximum Gasteiger partial charge on any atom is 0.305 e. The standard InChI is InChI=1S/C9H11N5O3/c1-2-5-14-7(11-12-13-14)6-8(15)10-4-3-9(16)17/h1H,3-6H2,(H,10,15)(H,16,17). The molecule has 1 rings (SSSR count). The molecule has 90 valence electrons. The molecule has 0 unspecified atom stereocenters. The van der Waals surface area contributed by atoms with Crippen LogP contribution in [0.25, 0.3) is 0 Å². The average Bonchev–Trinajstić information content (AvgIpc) is 2.66. The number of tetrazole rings is 1. The summed E-state index contributed by atoms with van der Waals surface area (Å²) in [6, 6.07) is 0. The third-order valence-electron chi connectivity index (χ3n) is 1.83. The van der Waals surface area contributed by atoms with E-state index in [4.69, 9.17) is 11.5 Å². The Morgan fingerprint density at radius 2 is 2.29 bits per heavy atom. The first-order valence-corrected chi connectivity index (χ1v) is 4.80. The third-order valence-corrected chi connectivity index (χ3v) is 1.83. The molecule has 0 spiro atoms. The number of aromatic nitrogens is 4. The van der Waals surface area contributed by atoms with Crippen LogP contribution in [-0.4, -0.2) is 43.7 Å². The Bertz CT molecular complexity index is 448. The second kappa shape index (κ2) is 6.22. The fraction of sp³-hybridized carbons (Fsp3) is 0.444. The lowest BCUT2D eigenvalue weighted by Gasteiger charge is -2.02. The van der Waals surface area contributed by atoms with Crippen molar-refractivity contribution in [2.24, 2.45) is 0 Å². The zero-order valence-electron chi connectivity index (χ0n) is 8.96. The van der Waals surface area contributed by atoms with Crippen LogP contribution in [0.2, 0.25) is 0 Å². The molecule has 1 heterocycles. The molecule has 0 fully saturated rings. The molecule has 1 aromatic rings. The molecular formula is C9H11N5O3. The molecule has 1 aromatic heterocycles. The van der Waals surface area contributed by atoms with Gasteiger partial charge in [-0.25, -0.2) is 4.68 Å². The maximum absolute atomic E-state index is 11.4. The maximum atomic E-state index is 11.4. The van der Waals surface area contributed by atoms with Crippen molar-refractivity contribution in [1.82, 2.24) is 25.5 Å². The Hall–Kier alpha value is -2.43. The lowest BCUT2D eigenvalue weighted by Crippen LogP contribution is -2.28. The molecule has 0 bridgehead atoms. The van der Waals surface area contributed by atoms with Crippen molar-refractivity contribution in [3.8, 4) is 12.3 Å². The summed E-state index contributed by atoms with van der Waals surface area (Å²) in [5, 5.41) is 21.5. The monoisotopic (exact) mass is 237 g/mol. The number of hydrogen-bond acceptors (Lipinski definition) is 5. The minimum absolute atomic E-state index is 0.0334. The average molecular weight is 237 g/mol. The molecule has 8 nitrogen and oxygen atoms in total. The van der Waals surface area contributed by atoms with Crippen LogP contribution in [0.1, 0.15) is 12.2 Å². The van der Waals surface area contributed by atoms with Gasteiger partial charge in [-0.15, -0.1) is 11.5 Å². The number of nitrogens with one attached hydrogen (secondary N) is 1. The largest absolute Gasteiger partial charge is 0.481 e. The van der Waals surface area contributed by atoms with Gasteiger partial charge in [0.15, 0.2) is 5.82 Å². The number of carbonyl (C=O) groups excluding carboxylic acids is 1. The Morgan fingerprint density at radius 3 is 2.94 bits per heavy atom. The first-order valence-electron chi connectivity index (χ1n) is 4.80. The van der Waals surface area contributed by atoms with E-state index in [9.17, 15) is 9.59 Å². The predicted molar refractivity (Wildman–Crippen MR) is 55.6 cm³/mol. The first kappa shape index (κ1) is 12.6. The van der Waals surface area contributed by atoms with Gasteiger partial charge in [0.1, 0.15) is 6.54 Å². The fourth-order valence-electron chi connectivity index (χ4n) is 1.07. The third kappa shape index (κ3) is 4.29. The van der Waals surface area contributed by atoms with Crippen molar-refractivity contribution < 1.29 is 14.7 Å². The molecule has 0 aromatic carbocycles. The van der Waals surface area contributed by atoms with Crippen molar-refractivity contribution in [2.45, 2.75) is 19.4 Å². The number of carbonyl (C=O) groups is 2. The van der Waals surface area contributed by atoms with Gasteiger partial charge < -0.3 is 10.4 Å². The summed E-state index contributed by atoms with van der Waals surface area (Å²) in [6.45, 7) is 0.260. The van der Waals surface area contributed by atoms with Crippen molar-refractivity contribution in [1.29, 1.82) is 0 Å². The molecule has 0 radical (unpaired) electrons. The molecule has 0 aliphatic heterocycles. The topological polar surface area (TPSA) is 110 Å². The lowest BCUT2D eigenvalue weighted by atomic mass is 10.3. The van der Waals surface area contributed by atoms with E-state index in [1.165, 1.54) is 4.68 Å². The number of amides is 1. The Morgan fingerprint density at radius 1 is 1.53 bits per heavy atom. The molecule has 8 heteroatoms.